The number of thiophene rings is 2. The highest BCUT2D eigenvalue weighted by Crippen LogP contribution is 2.24. The van der Waals surface area contributed by atoms with Gasteiger partial charge in [-0.25, -0.2) is 0 Å². The molecule has 2 aromatic rings. The first kappa shape index (κ1) is 19.3. The van der Waals surface area contributed by atoms with Crippen molar-refractivity contribution in [1.29, 1.82) is 0 Å². The van der Waals surface area contributed by atoms with Gasteiger partial charge >= 0.3 is 0 Å². The first-order valence-corrected chi connectivity index (χ1v) is 11.0. The minimum Gasteiger partial charge on any atom is -0.339 e. The van der Waals surface area contributed by atoms with E-state index in [4.69, 9.17) is 11.6 Å². The molecule has 8 heteroatoms. The summed E-state index contributed by atoms with van der Waals surface area (Å²) >= 11 is 12.8. The second-order valence-electron chi connectivity index (χ2n) is 6.24. The van der Waals surface area contributed by atoms with Gasteiger partial charge in [-0.1, -0.05) is 11.6 Å². The monoisotopic (exact) mass is 461 g/mol. The van der Waals surface area contributed by atoms with E-state index >= 15 is 0 Å². The highest BCUT2D eigenvalue weighted by molar-refractivity contribution is 9.11. The second kappa shape index (κ2) is 8.97. The molecule has 1 aliphatic rings. The molecule has 2 aromatic heterocycles. The first-order chi connectivity index (χ1) is 12.0. The number of hydrogen-bond acceptors (Lipinski definition) is 5. The molecule has 3 heterocycles. The number of amides is 1. The van der Waals surface area contributed by atoms with E-state index in [1.165, 1.54) is 13.5 Å². The fourth-order valence-electron chi connectivity index (χ4n) is 2.90. The molecule has 136 valence electrons. The molecular weight excluding hydrogens is 442 g/mol. The quantitative estimate of drug-likeness (QED) is 0.649. The van der Waals surface area contributed by atoms with E-state index in [1.807, 2.05) is 24.1 Å². The third kappa shape index (κ3) is 5.77. The molecule has 3 rings (SSSR count). The van der Waals surface area contributed by atoms with Gasteiger partial charge in [0, 0.05) is 49.0 Å². The van der Waals surface area contributed by atoms with Crippen molar-refractivity contribution in [2.24, 2.45) is 0 Å². The fraction of sp³-hybridized carbons (Fsp3) is 0.471. The molecule has 0 bridgehead atoms. The Hall–Kier alpha value is -0.440. The van der Waals surface area contributed by atoms with E-state index in [2.05, 4.69) is 37.9 Å². The lowest BCUT2D eigenvalue weighted by Crippen LogP contribution is -2.50. The summed E-state index contributed by atoms with van der Waals surface area (Å²) in [6.07, 6.45) is 0. The second-order valence-corrected chi connectivity index (χ2v) is 10.6. The molecular formula is C17H21BrClN3OS2. The standard InChI is InChI=1S/C17H21BrClN3OS2/c1-20(10-13-3-5-16(19)25-13)12-17(23)22-8-6-21(7-9-22)11-14-2-4-15(18)24-14/h2-5H,6-12H2,1H3. The minimum atomic E-state index is 0.212. The predicted molar refractivity (Wildman–Crippen MR) is 110 cm³/mol. The zero-order valence-electron chi connectivity index (χ0n) is 14.1. The maximum atomic E-state index is 12.5. The molecule has 4 nitrogen and oxygen atoms in total. The van der Waals surface area contributed by atoms with E-state index < -0.39 is 0 Å². The highest BCUT2D eigenvalue weighted by Gasteiger charge is 2.22. The Bertz CT molecular complexity index is 712. The van der Waals surface area contributed by atoms with Gasteiger partial charge in [-0.15, -0.1) is 22.7 Å². The molecule has 0 radical (unpaired) electrons. The largest absolute Gasteiger partial charge is 0.339 e. The summed E-state index contributed by atoms with van der Waals surface area (Å²) in [4.78, 5) is 21.5. The number of carbonyl (C=O) groups is 1. The van der Waals surface area contributed by atoms with Gasteiger partial charge in [0.05, 0.1) is 14.7 Å². The minimum absolute atomic E-state index is 0.212. The fourth-order valence-corrected chi connectivity index (χ4v) is 5.60. The highest BCUT2D eigenvalue weighted by atomic mass is 79.9. The number of carbonyl (C=O) groups excluding carboxylic acids is 1. The van der Waals surface area contributed by atoms with Crippen LogP contribution in [0.1, 0.15) is 9.75 Å². The van der Waals surface area contributed by atoms with E-state index in [9.17, 15) is 4.79 Å². The van der Waals surface area contributed by atoms with Crippen molar-refractivity contribution in [3.63, 3.8) is 0 Å². The summed E-state index contributed by atoms with van der Waals surface area (Å²) in [5.41, 5.74) is 0. The van der Waals surface area contributed by atoms with Gasteiger partial charge in [0.1, 0.15) is 0 Å². The van der Waals surface area contributed by atoms with Gasteiger partial charge in [-0.05, 0) is 47.2 Å². The van der Waals surface area contributed by atoms with Crippen LogP contribution in [0, 0.1) is 0 Å². The molecule has 25 heavy (non-hydrogen) atoms. The predicted octanol–water partition coefficient (Wildman–Crippen LogP) is 4.00. The Balaban J connectivity index is 1.41. The summed E-state index contributed by atoms with van der Waals surface area (Å²) in [6.45, 7) is 5.67. The van der Waals surface area contributed by atoms with Gasteiger partial charge in [-0.3, -0.25) is 14.6 Å². The molecule has 0 aromatic carbocycles. The Morgan fingerprint density at radius 1 is 1.16 bits per heavy atom. The lowest BCUT2D eigenvalue weighted by Gasteiger charge is -2.35. The Kier molecular flexibility index (Phi) is 6.93. The van der Waals surface area contributed by atoms with Crippen LogP contribution in [0.5, 0.6) is 0 Å². The van der Waals surface area contributed by atoms with E-state index in [1.54, 1.807) is 22.7 Å². The molecule has 0 N–H and O–H groups in total. The Morgan fingerprint density at radius 2 is 1.88 bits per heavy atom. The van der Waals surface area contributed by atoms with Gasteiger partial charge in [0.25, 0.3) is 0 Å². The SMILES string of the molecule is CN(CC(=O)N1CCN(Cc2ccc(Br)s2)CC1)Cc1ccc(Cl)s1. The summed E-state index contributed by atoms with van der Waals surface area (Å²) in [6, 6.07) is 8.19. The lowest BCUT2D eigenvalue weighted by molar-refractivity contribution is -0.134. The van der Waals surface area contributed by atoms with E-state index in [-0.39, 0.29) is 5.91 Å². The van der Waals surface area contributed by atoms with Crippen molar-refractivity contribution in [2.45, 2.75) is 13.1 Å². The Labute approximate surface area is 170 Å². The number of likely N-dealkylation sites (N-methyl/N-ethyl adjacent to an activating group) is 1. The van der Waals surface area contributed by atoms with Gasteiger partial charge in [-0.2, -0.15) is 0 Å². The number of nitrogens with zero attached hydrogens (tertiary/aromatic N) is 3. The van der Waals surface area contributed by atoms with Crippen LogP contribution in [-0.4, -0.2) is 60.4 Å². The van der Waals surface area contributed by atoms with Crippen LogP contribution >= 0.6 is 50.2 Å². The molecule has 0 atom stereocenters. The maximum Gasteiger partial charge on any atom is 0.236 e. The van der Waals surface area contributed by atoms with E-state index in [0.717, 1.165) is 43.6 Å². The molecule has 1 amide bonds. The van der Waals surface area contributed by atoms with Crippen molar-refractivity contribution < 1.29 is 4.79 Å². The Morgan fingerprint density at radius 3 is 2.48 bits per heavy atom. The van der Waals surface area contributed by atoms with Crippen molar-refractivity contribution in [2.75, 3.05) is 39.8 Å². The summed E-state index contributed by atoms with van der Waals surface area (Å²) in [7, 11) is 1.98. The molecule has 1 aliphatic heterocycles. The van der Waals surface area contributed by atoms with Crippen molar-refractivity contribution in [1.82, 2.24) is 14.7 Å². The topological polar surface area (TPSA) is 26.8 Å². The molecule has 0 saturated carbocycles. The average molecular weight is 463 g/mol. The van der Waals surface area contributed by atoms with Crippen LogP contribution in [-0.2, 0) is 17.9 Å². The summed E-state index contributed by atoms with van der Waals surface area (Å²) in [5.74, 6) is 0.212. The van der Waals surface area contributed by atoms with Gasteiger partial charge < -0.3 is 4.90 Å². The lowest BCUT2D eigenvalue weighted by atomic mass is 10.3. The van der Waals surface area contributed by atoms with Crippen molar-refractivity contribution in [3.05, 3.63) is 42.1 Å². The summed E-state index contributed by atoms with van der Waals surface area (Å²) < 4.78 is 1.97. The molecule has 0 unspecified atom stereocenters. The third-order valence-corrected chi connectivity index (χ3v) is 7.02. The van der Waals surface area contributed by atoms with Crippen molar-refractivity contribution in [3.8, 4) is 0 Å². The molecule has 0 aliphatic carbocycles. The van der Waals surface area contributed by atoms with Gasteiger partial charge in [0.15, 0.2) is 0 Å². The normalized spacial score (nSPS) is 15.9. The zero-order chi connectivity index (χ0) is 17.8. The van der Waals surface area contributed by atoms with Crippen LogP contribution in [0.4, 0.5) is 0 Å². The number of piperazine rings is 1. The van der Waals surface area contributed by atoms with Crippen LogP contribution in [0.15, 0.2) is 28.1 Å². The number of rotatable bonds is 6. The van der Waals surface area contributed by atoms with E-state index in [0.29, 0.717) is 6.54 Å². The molecule has 1 fully saturated rings. The van der Waals surface area contributed by atoms with Crippen LogP contribution in [0.2, 0.25) is 4.34 Å². The summed E-state index contributed by atoms with van der Waals surface area (Å²) in [5, 5.41) is 0. The van der Waals surface area contributed by atoms with Crippen LogP contribution in [0.25, 0.3) is 0 Å². The van der Waals surface area contributed by atoms with Crippen molar-refractivity contribution >= 4 is 56.1 Å². The number of hydrogen-bond donors (Lipinski definition) is 0. The maximum absolute atomic E-state index is 12.5. The molecule has 0 spiro atoms. The van der Waals surface area contributed by atoms with Gasteiger partial charge in [0.2, 0.25) is 5.91 Å². The number of halogens is 2. The third-order valence-electron chi connectivity index (χ3n) is 4.19. The zero-order valence-corrected chi connectivity index (χ0v) is 18.1. The van der Waals surface area contributed by atoms with Crippen LogP contribution in [0.3, 0.4) is 0 Å². The smallest absolute Gasteiger partial charge is 0.236 e. The molecule has 1 saturated heterocycles. The first-order valence-electron chi connectivity index (χ1n) is 8.17. The average Bonchev–Trinajstić information content (AvgIpc) is 3.16. The van der Waals surface area contributed by atoms with Crippen LogP contribution < -0.4 is 0 Å².